The minimum absolute atomic E-state index is 0.103. The number of nitrogens with zero attached hydrogens (tertiary/aromatic N) is 5. The number of anilines is 1. The summed E-state index contributed by atoms with van der Waals surface area (Å²) in [5.74, 6) is 1.20. The van der Waals surface area contributed by atoms with E-state index in [9.17, 15) is 4.79 Å². The van der Waals surface area contributed by atoms with Crippen molar-refractivity contribution in [2.45, 2.75) is 6.92 Å². The highest BCUT2D eigenvalue weighted by atomic mass is 16.7. The molecule has 4 rings (SSSR count). The lowest BCUT2D eigenvalue weighted by atomic mass is 10.0. The van der Waals surface area contributed by atoms with Crippen molar-refractivity contribution in [1.29, 1.82) is 0 Å². The molecule has 0 fully saturated rings. The number of ether oxygens (including phenoxy) is 1. The Labute approximate surface area is 167 Å². The molecular formula is C21H19N5O3. The van der Waals surface area contributed by atoms with Gasteiger partial charge in [-0.25, -0.2) is 14.5 Å². The van der Waals surface area contributed by atoms with Crippen LogP contribution in [0.5, 0.6) is 5.75 Å². The maximum atomic E-state index is 10.7. The van der Waals surface area contributed by atoms with E-state index in [1.165, 1.54) is 17.1 Å². The van der Waals surface area contributed by atoms with Gasteiger partial charge in [-0.1, -0.05) is 36.4 Å². The van der Waals surface area contributed by atoms with Gasteiger partial charge in [0.2, 0.25) is 0 Å². The molecule has 0 amide bonds. The Balaban J connectivity index is 1.84. The van der Waals surface area contributed by atoms with Crippen molar-refractivity contribution < 1.29 is 14.6 Å². The predicted octanol–water partition coefficient (Wildman–Crippen LogP) is 4.00. The van der Waals surface area contributed by atoms with Crippen LogP contribution in [0.1, 0.15) is 6.92 Å². The molecule has 2 aromatic heterocycles. The van der Waals surface area contributed by atoms with Crippen molar-refractivity contribution in [3.05, 3.63) is 60.9 Å². The summed E-state index contributed by atoms with van der Waals surface area (Å²) in [6.45, 7) is 2.80. The van der Waals surface area contributed by atoms with Gasteiger partial charge in [-0.2, -0.15) is 10.1 Å². The first-order valence-corrected chi connectivity index (χ1v) is 9.09. The Hall–Kier alpha value is -3.94. The maximum absolute atomic E-state index is 10.7. The Morgan fingerprint density at radius 3 is 2.66 bits per heavy atom. The molecule has 0 spiro atoms. The Bertz CT molecular complexity index is 1170. The molecular weight excluding hydrogens is 370 g/mol. The van der Waals surface area contributed by atoms with Gasteiger partial charge in [-0.3, -0.25) is 0 Å². The second-order valence-electron chi connectivity index (χ2n) is 6.45. The zero-order valence-corrected chi connectivity index (χ0v) is 16.0. The number of benzene rings is 2. The lowest BCUT2D eigenvalue weighted by Gasteiger charge is -2.19. The smallest absolute Gasteiger partial charge is 0.449 e. The summed E-state index contributed by atoms with van der Waals surface area (Å²) in [4.78, 5) is 22.0. The molecule has 0 saturated heterocycles. The summed E-state index contributed by atoms with van der Waals surface area (Å²) < 4.78 is 6.03. The molecule has 0 aliphatic heterocycles. The van der Waals surface area contributed by atoms with E-state index in [1.54, 1.807) is 0 Å². The van der Waals surface area contributed by atoms with E-state index in [4.69, 9.17) is 5.11 Å². The van der Waals surface area contributed by atoms with Gasteiger partial charge < -0.3 is 14.7 Å². The lowest BCUT2D eigenvalue weighted by molar-refractivity contribution is 0.144. The fourth-order valence-electron chi connectivity index (χ4n) is 3.02. The van der Waals surface area contributed by atoms with Crippen LogP contribution in [0.15, 0.2) is 60.9 Å². The molecule has 0 aliphatic rings. The molecule has 2 heterocycles. The van der Waals surface area contributed by atoms with Gasteiger partial charge in [-0.05, 0) is 30.2 Å². The quantitative estimate of drug-likeness (QED) is 0.516. The zero-order chi connectivity index (χ0) is 20.4. The van der Waals surface area contributed by atoms with E-state index < -0.39 is 6.16 Å². The summed E-state index contributed by atoms with van der Waals surface area (Å²) in [7, 11) is 1.96. The van der Waals surface area contributed by atoms with E-state index >= 15 is 0 Å². The molecule has 0 bridgehead atoms. The molecule has 2 aromatic carbocycles. The van der Waals surface area contributed by atoms with Crippen molar-refractivity contribution >= 4 is 22.9 Å². The highest BCUT2D eigenvalue weighted by molar-refractivity contribution is 5.93. The molecule has 29 heavy (non-hydrogen) atoms. The van der Waals surface area contributed by atoms with Gasteiger partial charge in [0.25, 0.3) is 5.95 Å². The van der Waals surface area contributed by atoms with Gasteiger partial charge in [-0.15, -0.1) is 0 Å². The molecule has 0 saturated carbocycles. The van der Waals surface area contributed by atoms with E-state index in [2.05, 4.69) is 38.0 Å². The highest BCUT2D eigenvalue weighted by Crippen LogP contribution is 2.29. The Kier molecular flexibility index (Phi) is 4.82. The van der Waals surface area contributed by atoms with Gasteiger partial charge in [0.05, 0.1) is 17.9 Å². The minimum atomic E-state index is -1.40. The number of hydrogen-bond acceptors (Lipinski definition) is 6. The first kappa shape index (κ1) is 18.4. The number of carbonyl (C=O) groups is 1. The third-order valence-electron chi connectivity index (χ3n) is 4.58. The summed E-state index contributed by atoms with van der Waals surface area (Å²) in [5, 5.41) is 13.8. The fraction of sp³-hybridized carbons (Fsp3) is 0.143. The molecule has 4 aromatic rings. The SMILES string of the molecule is CCN(C)c1nc(-n2cc(OC(=O)O)cn2)nc2ccc(-c3ccccc3)cc12. The van der Waals surface area contributed by atoms with Gasteiger partial charge in [0.15, 0.2) is 5.75 Å². The van der Waals surface area contributed by atoms with E-state index in [-0.39, 0.29) is 5.75 Å². The maximum Gasteiger partial charge on any atom is 0.511 e. The van der Waals surface area contributed by atoms with Crippen LogP contribution in [-0.4, -0.2) is 44.6 Å². The summed E-state index contributed by atoms with van der Waals surface area (Å²) in [5.41, 5.74) is 2.96. The largest absolute Gasteiger partial charge is 0.511 e. The molecule has 1 N–H and O–H groups in total. The summed E-state index contributed by atoms with van der Waals surface area (Å²) >= 11 is 0. The number of carboxylic acid groups (broad SMARTS) is 1. The number of hydrogen-bond donors (Lipinski definition) is 1. The predicted molar refractivity (Wildman–Crippen MR) is 110 cm³/mol. The van der Waals surface area contributed by atoms with Crippen LogP contribution in [-0.2, 0) is 0 Å². The fourth-order valence-corrected chi connectivity index (χ4v) is 3.02. The van der Waals surface area contributed by atoms with Crippen LogP contribution >= 0.6 is 0 Å². The van der Waals surface area contributed by atoms with Crippen LogP contribution in [0, 0.1) is 0 Å². The average Bonchev–Trinajstić information content (AvgIpc) is 3.20. The van der Waals surface area contributed by atoms with Gasteiger partial charge in [0.1, 0.15) is 5.82 Å². The van der Waals surface area contributed by atoms with Gasteiger partial charge in [0, 0.05) is 19.0 Å². The molecule has 8 heteroatoms. The third kappa shape index (κ3) is 3.73. The van der Waals surface area contributed by atoms with Crippen LogP contribution in [0.4, 0.5) is 10.6 Å². The number of rotatable bonds is 5. The van der Waals surface area contributed by atoms with E-state index in [0.717, 1.165) is 34.4 Å². The average molecular weight is 389 g/mol. The van der Waals surface area contributed by atoms with Crippen LogP contribution in [0.25, 0.3) is 28.0 Å². The third-order valence-corrected chi connectivity index (χ3v) is 4.58. The number of fused-ring (bicyclic) bond motifs is 1. The minimum Gasteiger partial charge on any atom is -0.449 e. The molecule has 0 radical (unpaired) electrons. The topological polar surface area (TPSA) is 93.4 Å². The summed E-state index contributed by atoms with van der Waals surface area (Å²) in [6.07, 6.45) is 1.34. The van der Waals surface area contributed by atoms with E-state index in [1.807, 2.05) is 49.2 Å². The molecule has 146 valence electrons. The second kappa shape index (κ2) is 7.59. The second-order valence-corrected chi connectivity index (χ2v) is 6.45. The molecule has 0 unspecified atom stereocenters. The molecule has 0 aliphatic carbocycles. The molecule has 0 atom stereocenters. The van der Waals surface area contributed by atoms with Crippen molar-refractivity contribution in [2.75, 3.05) is 18.5 Å². The number of aromatic nitrogens is 4. The van der Waals surface area contributed by atoms with Crippen LogP contribution < -0.4 is 9.64 Å². The van der Waals surface area contributed by atoms with Crippen molar-refractivity contribution in [1.82, 2.24) is 19.7 Å². The lowest BCUT2D eigenvalue weighted by Crippen LogP contribution is -2.19. The normalized spacial score (nSPS) is 10.8. The van der Waals surface area contributed by atoms with E-state index in [0.29, 0.717) is 5.95 Å². The van der Waals surface area contributed by atoms with Crippen LogP contribution in [0.2, 0.25) is 0 Å². The van der Waals surface area contributed by atoms with Gasteiger partial charge >= 0.3 is 6.16 Å². The first-order chi connectivity index (χ1) is 14.0. The Morgan fingerprint density at radius 2 is 1.93 bits per heavy atom. The van der Waals surface area contributed by atoms with Crippen LogP contribution in [0.3, 0.4) is 0 Å². The zero-order valence-electron chi connectivity index (χ0n) is 16.0. The monoisotopic (exact) mass is 389 g/mol. The summed E-state index contributed by atoms with van der Waals surface area (Å²) in [6, 6.07) is 16.2. The standard InChI is InChI=1S/C21H19N5O3/c1-3-25(2)19-17-11-15(14-7-5-4-6-8-14)9-10-18(17)23-20(24-19)26-13-16(12-22-26)29-21(27)28/h4-13H,3H2,1-2H3,(H,27,28). The Morgan fingerprint density at radius 1 is 1.14 bits per heavy atom. The first-order valence-electron chi connectivity index (χ1n) is 9.09. The van der Waals surface area contributed by atoms with Crippen molar-refractivity contribution in [2.24, 2.45) is 0 Å². The molecule has 8 nitrogen and oxygen atoms in total. The van der Waals surface area contributed by atoms with Crippen molar-refractivity contribution in [3.8, 4) is 22.8 Å². The van der Waals surface area contributed by atoms with Crippen molar-refractivity contribution in [3.63, 3.8) is 0 Å². The highest BCUT2D eigenvalue weighted by Gasteiger charge is 2.15.